The second kappa shape index (κ2) is 4.42. The van der Waals surface area contributed by atoms with Gasteiger partial charge in [-0.25, -0.2) is 4.39 Å². The van der Waals surface area contributed by atoms with Crippen LogP contribution in [0.15, 0.2) is 22.7 Å². The lowest BCUT2D eigenvalue weighted by atomic mass is 9.90. The molecule has 2 aromatic rings. The van der Waals surface area contributed by atoms with Crippen LogP contribution in [0, 0.1) is 12.7 Å². The number of nitrogens with zero attached hydrogens (tertiary/aromatic N) is 2. The molecule has 1 unspecified atom stereocenters. The number of halogens is 1. The summed E-state index contributed by atoms with van der Waals surface area (Å²) in [7, 11) is 0. The molecule has 2 heterocycles. The summed E-state index contributed by atoms with van der Waals surface area (Å²) in [6.07, 6.45) is 0.983. The number of benzene rings is 1. The molecule has 0 spiro atoms. The van der Waals surface area contributed by atoms with Crippen LogP contribution in [0.3, 0.4) is 0 Å². The molecule has 1 aromatic heterocycles. The van der Waals surface area contributed by atoms with Crippen molar-refractivity contribution >= 4 is 0 Å². The van der Waals surface area contributed by atoms with Crippen molar-refractivity contribution in [3.63, 3.8) is 0 Å². The molecule has 0 bridgehead atoms. The quantitative estimate of drug-likeness (QED) is 0.902. The van der Waals surface area contributed by atoms with Crippen molar-refractivity contribution in [2.45, 2.75) is 25.7 Å². The van der Waals surface area contributed by atoms with E-state index in [2.05, 4.69) is 22.4 Å². The number of rotatable bonds is 2. The summed E-state index contributed by atoms with van der Waals surface area (Å²) in [5.74, 6) is 0.945. The molecule has 1 atom stereocenters. The molecule has 3 rings (SSSR count). The average Bonchev–Trinajstić information content (AvgIpc) is 3.02. The van der Waals surface area contributed by atoms with Gasteiger partial charge in [-0.2, -0.15) is 4.98 Å². The fourth-order valence-corrected chi connectivity index (χ4v) is 2.37. The van der Waals surface area contributed by atoms with Gasteiger partial charge in [-0.05, 0) is 50.6 Å². The molecule has 5 heteroatoms. The lowest BCUT2D eigenvalue weighted by molar-refractivity contribution is 0.306. The lowest BCUT2D eigenvalue weighted by Gasteiger charge is -2.15. The third-order valence-electron chi connectivity index (χ3n) is 3.73. The number of hydrogen-bond acceptors (Lipinski definition) is 4. The fourth-order valence-electron chi connectivity index (χ4n) is 2.37. The highest BCUT2D eigenvalue weighted by Crippen LogP contribution is 2.30. The average molecular weight is 261 g/mol. The monoisotopic (exact) mass is 261 g/mol. The third-order valence-corrected chi connectivity index (χ3v) is 3.73. The Morgan fingerprint density at radius 1 is 1.42 bits per heavy atom. The van der Waals surface area contributed by atoms with Gasteiger partial charge in [-0.1, -0.05) is 5.16 Å². The molecule has 4 nitrogen and oxygen atoms in total. The van der Waals surface area contributed by atoms with Gasteiger partial charge in [-0.3, -0.25) is 0 Å². The zero-order valence-corrected chi connectivity index (χ0v) is 11.0. The number of aryl methyl sites for hydroxylation is 1. The van der Waals surface area contributed by atoms with Gasteiger partial charge in [0.25, 0.3) is 0 Å². The molecule has 1 saturated heterocycles. The van der Waals surface area contributed by atoms with Crippen molar-refractivity contribution in [2.75, 3.05) is 13.1 Å². The Kier molecular flexibility index (Phi) is 2.86. The molecule has 19 heavy (non-hydrogen) atoms. The van der Waals surface area contributed by atoms with Gasteiger partial charge in [0.05, 0.1) is 5.41 Å². The Labute approximate surface area is 111 Å². The van der Waals surface area contributed by atoms with Gasteiger partial charge in [0.2, 0.25) is 11.7 Å². The summed E-state index contributed by atoms with van der Waals surface area (Å²) >= 11 is 0. The largest absolute Gasteiger partial charge is 0.338 e. The van der Waals surface area contributed by atoms with Gasteiger partial charge < -0.3 is 9.84 Å². The Balaban J connectivity index is 1.94. The molecule has 1 fully saturated rings. The molecule has 1 aliphatic rings. The van der Waals surface area contributed by atoms with Crippen LogP contribution in [-0.4, -0.2) is 23.2 Å². The van der Waals surface area contributed by atoms with Crippen molar-refractivity contribution in [1.82, 2.24) is 15.5 Å². The Bertz CT molecular complexity index is 602. The molecule has 1 N–H and O–H groups in total. The van der Waals surface area contributed by atoms with Gasteiger partial charge >= 0.3 is 0 Å². The van der Waals surface area contributed by atoms with Gasteiger partial charge in [-0.15, -0.1) is 0 Å². The molecule has 100 valence electrons. The minimum Gasteiger partial charge on any atom is -0.338 e. The molecule has 1 aromatic carbocycles. The van der Waals surface area contributed by atoms with E-state index in [0.29, 0.717) is 17.3 Å². The van der Waals surface area contributed by atoms with E-state index >= 15 is 0 Å². The van der Waals surface area contributed by atoms with Crippen molar-refractivity contribution in [2.24, 2.45) is 0 Å². The number of aromatic nitrogens is 2. The topological polar surface area (TPSA) is 51.0 Å². The summed E-state index contributed by atoms with van der Waals surface area (Å²) < 4.78 is 18.6. The maximum absolute atomic E-state index is 13.3. The molecule has 1 aliphatic heterocycles. The van der Waals surface area contributed by atoms with Crippen LogP contribution in [0.1, 0.15) is 24.8 Å². The first-order valence-corrected chi connectivity index (χ1v) is 6.40. The Morgan fingerprint density at radius 2 is 2.26 bits per heavy atom. The van der Waals surface area contributed by atoms with Crippen LogP contribution in [0.4, 0.5) is 4.39 Å². The van der Waals surface area contributed by atoms with E-state index in [1.54, 1.807) is 19.1 Å². The highest BCUT2D eigenvalue weighted by Gasteiger charge is 2.36. The summed E-state index contributed by atoms with van der Waals surface area (Å²) in [6.45, 7) is 5.64. The van der Waals surface area contributed by atoms with Crippen molar-refractivity contribution in [3.05, 3.63) is 35.5 Å². The SMILES string of the molecule is Cc1cc(-c2noc(C3(C)CCNC3)n2)ccc1F. The van der Waals surface area contributed by atoms with Crippen LogP contribution in [0.5, 0.6) is 0 Å². The second-order valence-electron chi connectivity index (χ2n) is 5.37. The number of hydrogen-bond donors (Lipinski definition) is 1. The van der Waals surface area contributed by atoms with Crippen LogP contribution >= 0.6 is 0 Å². The summed E-state index contributed by atoms with van der Waals surface area (Å²) in [6, 6.07) is 4.84. The molecule has 0 saturated carbocycles. The standard InChI is InChI=1S/C14H16FN3O/c1-9-7-10(3-4-11(9)15)12-17-13(19-18-12)14(2)5-6-16-8-14/h3-4,7,16H,5-6,8H2,1-2H3. The van der Waals surface area contributed by atoms with E-state index in [1.807, 2.05) is 0 Å². The fraction of sp³-hybridized carbons (Fsp3) is 0.429. The summed E-state index contributed by atoms with van der Waals surface area (Å²) in [4.78, 5) is 4.46. The van der Waals surface area contributed by atoms with E-state index in [9.17, 15) is 4.39 Å². The maximum atomic E-state index is 13.3. The highest BCUT2D eigenvalue weighted by atomic mass is 19.1. The zero-order chi connectivity index (χ0) is 13.5. The van der Waals surface area contributed by atoms with Crippen molar-refractivity contribution in [3.8, 4) is 11.4 Å². The maximum Gasteiger partial charge on any atom is 0.234 e. The summed E-state index contributed by atoms with van der Waals surface area (Å²) in [5, 5.41) is 7.31. The second-order valence-corrected chi connectivity index (χ2v) is 5.37. The smallest absolute Gasteiger partial charge is 0.234 e. The molecular formula is C14H16FN3O. The first kappa shape index (κ1) is 12.3. The predicted molar refractivity (Wildman–Crippen MR) is 69.3 cm³/mol. The Morgan fingerprint density at radius 3 is 2.95 bits per heavy atom. The molecule has 0 amide bonds. The molecule has 0 aliphatic carbocycles. The third kappa shape index (κ3) is 2.14. The first-order valence-electron chi connectivity index (χ1n) is 6.40. The van der Waals surface area contributed by atoms with Gasteiger partial charge in [0.1, 0.15) is 5.82 Å². The van der Waals surface area contributed by atoms with E-state index in [4.69, 9.17) is 4.52 Å². The Hall–Kier alpha value is -1.75. The summed E-state index contributed by atoms with van der Waals surface area (Å²) in [5.41, 5.74) is 1.27. The highest BCUT2D eigenvalue weighted by molar-refractivity contribution is 5.55. The van der Waals surface area contributed by atoms with Crippen molar-refractivity contribution < 1.29 is 8.91 Å². The van der Waals surface area contributed by atoms with Crippen LogP contribution in [0.25, 0.3) is 11.4 Å². The van der Waals surface area contributed by atoms with E-state index in [1.165, 1.54) is 6.07 Å². The van der Waals surface area contributed by atoms with Crippen LogP contribution < -0.4 is 5.32 Å². The zero-order valence-electron chi connectivity index (χ0n) is 11.0. The number of nitrogens with one attached hydrogen (secondary N) is 1. The molecular weight excluding hydrogens is 245 g/mol. The van der Waals surface area contributed by atoms with Gasteiger partial charge in [0, 0.05) is 12.1 Å². The van der Waals surface area contributed by atoms with Crippen molar-refractivity contribution in [1.29, 1.82) is 0 Å². The van der Waals surface area contributed by atoms with Crippen LogP contribution in [-0.2, 0) is 5.41 Å². The minimum atomic E-state index is -0.223. The van der Waals surface area contributed by atoms with E-state index in [-0.39, 0.29) is 11.2 Å². The molecule has 0 radical (unpaired) electrons. The van der Waals surface area contributed by atoms with Gasteiger partial charge in [0.15, 0.2) is 0 Å². The minimum absolute atomic E-state index is 0.0969. The normalized spacial score (nSPS) is 22.9. The van der Waals surface area contributed by atoms with E-state index in [0.717, 1.165) is 25.1 Å². The lowest BCUT2D eigenvalue weighted by Crippen LogP contribution is -2.25. The van der Waals surface area contributed by atoms with E-state index < -0.39 is 0 Å². The predicted octanol–water partition coefficient (Wildman–Crippen LogP) is 2.44. The first-order chi connectivity index (χ1) is 9.08. The van der Waals surface area contributed by atoms with Crippen LogP contribution in [0.2, 0.25) is 0 Å².